The molecule has 0 aliphatic carbocycles. The zero-order valence-electron chi connectivity index (χ0n) is 17.4. The molecule has 0 N–H and O–H groups in total. The SMILES string of the molecule is CN(C)S(=O)(=O)c1ccc2c(c1)cc(C(=O)N1CCCCC1)n2Cc1ccccc1. The van der Waals surface area contributed by atoms with E-state index in [0.717, 1.165) is 48.8 Å². The minimum Gasteiger partial charge on any atom is -0.337 e. The summed E-state index contributed by atoms with van der Waals surface area (Å²) in [5.74, 6) is 0.0128. The summed E-state index contributed by atoms with van der Waals surface area (Å²) in [5.41, 5.74) is 2.56. The number of benzene rings is 2. The van der Waals surface area contributed by atoms with Gasteiger partial charge < -0.3 is 9.47 Å². The third-order valence-electron chi connectivity index (χ3n) is 5.70. The van der Waals surface area contributed by atoms with E-state index >= 15 is 0 Å². The van der Waals surface area contributed by atoms with Gasteiger partial charge >= 0.3 is 0 Å². The van der Waals surface area contributed by atoms with E-state index < -0.39 is 10.0 Å². The zero-order chi connectivity index (χ0) is 21.3. The predicted octanol–water partition coefficient (Wildman–Crippen LogP) is 3.57. The predicted molar refractivity (Wildman–Crippen MR) is 118 cm³/mol. The van der Waals surface area contributed by atoms with Crippen molar-refractivity contribution >= 4 is 26.8 Å². The molecule has 0 unspecified atom stereocenters. The van der Waals surface area contributed by atoms with Gasteiger partial charge in [0, 0.05) is 44.6 Å². The van der Waals surface area contributed by atoms with Gasteiger partial charge in [-0.15, -0.1) is 0 Å². The van der Waals surface area contributed by atoms with E-state index in [0.29, 0.717) is 12.2 Å². The number of hydrogen-bond acceptors (Lipinski definition) is 3. The van der Waals surface area contributed by atoms with Crippen molar-refractivity contribution in [3.63, 3.8) is 0 Å². The average Bonchev–Trinajstić information content (AvgIpc) is 3.12. The molecule has 1 saturated heterocycles. The Morgan fingerprint density at radius 2 is 1.67 bits per heavy atom. The summed E-state index contributed by atoms with van der Waals surface area (Å²) in [6, 6.07) is 16.9. The van der Waals surface area contributed by atoms with Gasteiger partial charge in [0.15, 0.2) is 0 Å². The van der Waals surface area contributed by atoms with E-state index in [9.17, 15) is 13.2 Å². The Kier molecular flexibility index (Phi) is 5.66. The van der Waals surface area contributed by atoms with Crippen molar-refractivity contribution in [2.24, 2.45) is 0 Å². The lowest BCUT2D eigenvalue weighted by molar-refractivity contribution is 0.0714. The number of amides is 1. The molecule has 0 atom stereocenters. The number of hydrogen-bond donors (Lipinski definition) is 0. The number of aromatic nitrogens is 1. The van der Waals surface area contributed by atoms with Crippen LogP contribution in [0.4, 0.5) is 0 Å². The third kappa shape index (κ3) is 3.87. The first-order valence-electron chi connectivity index (χ1n) is 10.3. The lowest BCUT2D eigenvalue weighted by atomic mass is 10.1. The second kappa shape index (κ2) is 8.24. The molecule has 158 valence electrons. The molecule has 3 aromatic rings. The van der Waals surface area contributed by atoms with Gasteiger partial charge in [-0.1, -0.05) is 30.3 Å². The van der Waals surface area contributed by atoms with Gasteiger partial charge in [-0.25, -0.2) is 12.7 Å². The van der Waals surface area contributed by atoms with Gasteiger partial charge in [0.05, 0.1) is 4.90 Å². The van der Waals surface area contributed by atoms with Crippen LogP contribution in [-0.4, -0.2) is 55.3 Å². The third-order valence-corrected chi connectivity index (χ3v) is 7.51. The smallest absolute Gasteiger partial charge is 0.270 e. The first kappa shape index (κ1) is 20.6. The van der Waals surface area contributed by atoms with Gasteiger partial charge in [-0.2, -0.15) is 0 Å². The highest BCUT2D eigenvalue weighted by Gasteiger charge is 2.24. The molecule has 1 aliphatic rings. The van der Waals surface area contributed by atoms with Gasteiger partial charge in [-0.3, -0.25) is 4.79 Å². The molecule has 0 spiro atoms. The maximum absolute atomic E-state index is 13.3. The second-order valence-corrected chi connectivity index (χ2v) is 10.1. The minimum absolute atomic E-state index is 0.0128. The topological polar surface area (TPSA) is 62.6 Å². The molecule has 2 aromatic carbocycles. The molecule has 0 saturated carbocycles. The maximum Gasteiger partial charge on any atom is 0.270 e. The van der Waals surface area contributed by atoms with E-state index in [4.69, 9.17) is 0 Å². The van der Waals surface area contributed by atoms with Crippen LogP contribution >= 0.6 is 0 Å². The number of piperidine rings is 1. The fraction of sp³-hybridized carbons (Fsp3) is 0.348. The van der Waals surface area contributed by atoms with E-state index in [-0.39, 0.29) is 10.8 Å². The van der Waals surface area contributed by atoms with E-state index in [2.05, 4.69) is 0 Å². The van der Waals surface area contributed by atoms with Crippen molar-refractivity contribution < 1.29 is 13.2 Å². The normalized spacial score (nSPS) is 15.1. The summed E-state index contributed by atoms with van der Waals surface area (Å²) in [4.78, 5) is 15.5. The summed E-state index contributed by atoms with van der Waals surface area (Å²) >= 11 is 0. The highest BCUT2D eigenvalue weighted by molar-refractivity contribution is 7.89. The Balaban J connectivity index is 1.83. The van der Waals surface area contributed by atoms with E-state index in [1.807, 2.05) is 51.9 Å². The molecular weight excluding hydrogens is 398 g/mol. The molecule has 7 heteroatoms. The number of fused-ring (bicyclic) bond motifs is 1. The Bertz CT molecular complexity index is 1160. The highest BCUT2D eigenvalue weighted by Crippen LogP contribution is 2.27. The highest BCUT2D eigenvalue weighted by atomic mass is 32.2. The summed E-state index contributed by atoms with van der Waals surface area (Å²) in [7, 11) is -0.504. The minimum atomic E-state index is -3.54. The summed E-state index contributed by atoms with van der Waals surface area (Å²) in [6.45, 7) is 2.09. The molecule has 1 fully saturated rings. The molecule has 1 aromatic heterocycles. The number of nitrogens with zero attached hydrogens (tertiary/aromatic N) is 3. The lowest BCUT2D eigenvalue weighted by Gasteiger charge is -2.27. The van der Waals surface area contributed by atoms with Gasteiger partial charge in [0.1, 0.15) is 5.69 Å². The molecule has 30 heavy (non-hydrogen) atoms. The Labute approximate surface area is 177 Å². The molecule has 1 amide bonds. The molecule has 4 rings (SSSR count). The molecule has 2 heterocycles. The van der Waals surface area contributed by atoms with Crippen LogP contribution in [-0.2, 0) is 16.6 Å². The van der Waals surface area contributed by atoms with Crippen LogP contribution in [0.5, 0.6) is 0 Å². The van der Waals surface area contributed by atoms with Crippen LogP contribution in [0, 0.1) is 0 Å². The Hall–Kier alpha value is -2.64. The van der Waals surface area contributed by atoms with Gasteiger partial charge in [0.2, 0.25) is 10.0 Å². The van der Waals surface area contributed by atoms with Crippen molar-refractivity contribution in [2.75, 3.05) is 27.2 Å². The maximum atomic E-state index is 13.3. The van der Waals surface area contributed by atoms with Crippen molar-refractivity contribution in [3.05, 3.63) is 65.9 Å². The van der Waals surface area contributed by atoms with Crippen molar-refractivity contribution in [2.45, 2.75) is 30.7 Å². The van der Waals surface area contributed by atoms with Gasteiger partial charge in [0.25, 0.3) is 5.91 Å². The molecular formula is C23H27N3O3S. The van der Waals surface area contributed by atoms with Gasteiger partial charge in [-0.05, 0) is 49.1 Å². The van der Waals surface area contributed by atoms with Crippen LogP contribution in [0.15, 0.2) is 59.5 Å². The zero-order valence-corrected chi connectivity index (χ0v) is 18.2. The number of rotatable bonds is 5. The monoisotopic (exact) mass is 425 g/mol. The van der Waals surface area contributed by atoms with Crippen molar-refractivity contribution in [1.29, 1.82) is 0 Å². The molecule has 0 radical (unpaired) electrons. The largest absolute Gasteiger partial charge is 0.337 e. The van der Waals surface area contributed by atoms with Crippen LogP contribution < -0.4 is 0 Å². The Morgan fingerprint density at radius 3 is 2.33 bits per heavy atom. The van der Waals surface area contributed by atoms with Crippen LogP contribution in [0.2, 0.25) is 0 Å². The quantitative estimate of drug-likeness (QED) is 0.628. The fourth-order valence-corrected chi connectivity index (χ4v) is 4.93. The molecule has 1 aliphatic heterocycles. The number of carbonyl (C=O) groups is 1. The number of sulfonamides is 1. The first-order valence-corrected chi connectivity index (χ1v) is 11.7. The van der Waals surface area contributed by atoms with Crippen LogP contribution in [0.25, 0.3) is 10.9 Å². The number of carbonyl (C=O) groups excluding carboxylic acids is 1. The second-order valence-electron chi connectivity index (χ2n) is 7.96. The average molecular weight is 426 g/mol. The lowest BCUT2D eigenvalue weighted by Crippen LogP contribution is -2.36. The number of likely N-dealkylation sites (tertiary alicyclic amines) is 1. The van der Waals surface area contributed by atoms with Crippen LogP contribution in [0.3, 0.4) is 0 Å². The van der Waals surface area contributed by atoms with Crippen LogP contribution in [0.1, 0.15) is 35.3 Å². The standard InChI is InChI=1S/C23H27N3O3S/c1-24(2)30(28,29)20-11-12-21-19(15-20)16-22(23(27)25-13-7-4-8-14-25)26(21)17-18-9-5-3-6-10-18/h3,5-6,9-12,15-16H,4,7-8,13-14,17H2,1-2H3. The van der Waals surface area contributed by atoms with Crippen molar-refractivity contribution in [1.82, 2.24) is 13.8 Å². The molecule has 0 bridgehead atoms. The summed E-state index contributed by atoms with van der Waals surface area (Å²) in [5, 5.41) is 0.759. The summed E-state index contributed by atoms with van der Waals surface area (Å²) in [6.07, 6.45) is 3.20. The summed E-state index contributed by atoms with van der Waals surface area (Å²) < 4.78 is 28.4. The van der Waals surface area contributed by atoms with E-state index in [1.54, 1.807) is 12.1 Å². The first-order chi connectivity index (χ1) is 14.4. The van der Waals surface area contributed by atoms with E-state index in [1.165, 1.54) is 18.4 Å². The fourth-order valence-electron chi connectivity index (χ4n) is 3.99. The molecule has 6 nitrogen and oxygen atoms in total. The Morgan fingerprint density at radius 1 is 0.967 bits per heavy atom. The van der Waals surface area contributed by atoms with Crippen molar-refractivity contribution in [3.8, 4) is 0 Å².